The summed E-state index contributed by atoms with van der Waals surface area (Å²) < 4.78 is 5.35. The van der Waals surface area contributed by atoms with Crippen molar-refractivity contribution in [1.29, 1.82) is 0 Å². The van der Waals surface area contributed by atoms with E-state index in [1.165, 1.54) is 0 Å². The van der Waals surface area contributed by atoms with Crippen LogP contribution in [0.2, 0.25) is 0 Å². The third kappa shape index (κ3) is 3.01. The zero-order chi connectivity index (χ0) is 16.4. The summed E-state index contributed by atoms with van der Waals surface area (Å²) in [4.78, 5) is 19.1. The number of rotatable bonds is 3. The minimum atomic E-state index is -0.0975. The predicted molar refractivity (Wildman–Crippen MR) is 88.6 cm³/mol. The number of aliphatic hydroxyl groups is 1. The minimum Gasteiger partial charge on any atom is -0.481 e. The lowest BCUT2D eigenvalue weighted by Crippen LogP contribution is -2.46. The van der Waals surface area contributed by atoms with E-state index in [-0.39, 0.29) is 24.5 Å². The lowest BCUT2D eigenvalue weighted by molar-refractivity contribution is 0.0483. The van der Waals surface area contributed by atoms with Gasteiger partial charge in [-0.1, -0.05) is 18.2 Å². The molecule has 1 aromatic carbocycles. The van der Waals surface area contributed by atoms with Crippen LogP contribution in [0.15, 0.2) is 30.3 Å². The van der Waals surface area contributed by atoms with E-state index in [0.29, 0.717) is 18.1 Å². The van der Waals surface area contributed by atoms with Crippen LogP contribution in [0.5, 0.6) is 5.88 Å². The molecule has 5 heteroatoms. The molecule has 2 heterocycles. The summed E-state index contributed by atoms with van der Waals surface area (Å²) in [6.07, 6.45) is 1.86. The number of aromatic nitrogens is 1. The lowest BCUT2D eigenvalue weighted by Gasteiger charge is -2.37. The molecule has 1 aliphatic rings. The van der Waals surface area contributed by atoms with Crippen molar-refractivity contribution in [2.75, 3.05) is 20.3 Å². The van der Waals surface area contributed by atoms with Crippen LogP contribution < -0.4 is 4.74 Å². The molecule has 0 bridgehead atoms. The number of nitrogens with zero attached hydrogens (tertiary/aromatic N) is 2. The van der Waals surface area contributed by atoms with Crippen LogP contribution in [0, 0.1) is 5.92 Å². The van der Waals surface area contributed by atoms with Crippen molar-refractivity contribution in [3.8, 4) is 5.88 Å². The first kappa shape index (κ1) is 15.7. The number of aliphatic hydroxyl groups excluding tert-OH is 1. The van der Waals surface area contributed by atoms with Gasteiger partial charge in [0.15, 0.2) is 0 Å². The molecule has 1 amide bonds. The molecule has 0 radical (unpaired) electrons. The maximum absolute atomic E-state index is 12.9. The molecule has 1 aromatic heterocycles. The second-order valence-corrected chi connectivity index (χ2v) is 6.17. The van der Waals surface area contributed by atoms with Crippen molar-refractivity contribution in [1.82, 2.24) is 9.88 Å². The number of hydrogen-bond acceptors (Lipinski definition) is 4. The van der Waals surface area contributed by atoms with Gasteiger partial charge in [-0.05, 0) is 43.2 Å². The third-order valence-electron chi connectivity index (χ3n) is 4.62. The zero-order valence-electron chi connectivity index (χ0n) is 13.5. The van der Waals surface area contributed by atoms with Gasteiger partial charge < -0.3 is 14.7 Å². The van der Waals surface area contributed by atoms with Crippen molar-refractivity contribution in [3.05, 3.63) is 36.0 Å². The van der Waals surface area contributed by atoms with E-state index in [9.17, 15) is 9.90 Å². The van der Waals surface area contributed by atoms with E-state index in [1.807, 2.05) is 42.2 Å². The van der Waals surface area contributed by atoms with Crippen LogP contribution in [0.1, 0.15) is 30.3 Å². The molecule has 1 saturated heterocycles. The Bertz CT molecular complexity index is 716. The molecule has 2 atom stereocenters. The number of piperidine rings is 1. The molecule has 2 aromatic rings. The van der Waals surface area contributed by atoms with Gasteiger partial charge in [0.2, 0.25) is 5.88 Å². The topological polar surface area (TPSA) is 62.7 Å². The Labute approximate surface area is 135 Å². The van der Waals surface area contributed by atoms with Gasteiger partial charge in [0, 0.05) is 24.6 Å². The first-order chi connectivity index (χ1) is 11.1. The SMILES string of the molecule is COc1nc(C(=O)N2CC(CO)CCC2C)cc2ccccc12. The fourth-order valence-corrected chi connectivity index (χ4v) is 3.19. The van der Waals surface area contributed by atoms with Crippen molar-refractivity contribution >= 4 is 16.7 Å². The molecule has 1 fully saturated rings. The van der Waals surface area contributed by atoms with Gasteiger partial charge in [-0.25, -0.2) is 4.98 Å². The summed E-state index contributed by atoms with van der Waals surface area (Å²) in [6.45, 7) is 2.74. The summed E-state index contributed by atoms with van der Waals surface area (Å²) in [5.41, 5.74) is 0.394. The fourth-order valence-electron chi connectivity index (χ4n) is 3.19. The van der Waals surface area contributed by atoms with Crippen molar-refractivity contribution in [2.24, 2.45) is 5.92 Å². The van der Waals surface area contributed by atoms with Crippen LogP contribution >= 0.6 is 0 Å². The van der Waals surface area contributed by atoms with Crippen LogP contribution in [0.4, 0.5) is 0 Å². The molecule has 5 nitrogen and oxygen atoms in total. The number of pyridine rings is 1. The van der Waals surface area contributed by atoms with Crippen LogP contribution in [0.25, 0.3) is 10.8 Å². The number of ether oxygens (including phenoxy) is 1. The highest BCUT2D eigenvalue weighted by Crippen LogP contribution is 2.27. The molecule has 0 aliphatic carbocycles. The molecular weight excluding hydrogens is 292 g/mol. The Hall–Kier alpha value is -2.14. The number of likely N-dealkylation sites (tertiary alicyclic amines) is 1. The van der Waals surface area contributed by atoms with Crippen molar-refractivity contribution in [2.45, 2.75) is 25.8 Å². The van der Waals surface area contributed by atoms with Crippen LogP contribution in [-0.2, 0) is 0 Å². The predicted octanol–water partition coefficient (Wildman–Crippen LogP) is 2.48. The quantitative estimate of drug-likeness (QED) is 0.945. The van der Waals surface area contributed by atoms with Crippen LogP contribution in [0.3, 0.4) is 0 Å². The van der Waals surface area contributed by atoms with E-state index < -0.39 is 0 Å². The first-order valence-electron chi connectivity index (χ1n) is 7.99. The number of benzene rings is 1. The second-order valence-electron chi connectivity index (χ2n) is 6.17. The summed E-state index contributed by atoms with van der Waals surface area (Å²) >= 11 is 0. The average Bonchev–Trinajstić information content (AvgIpc) is 2.60. The smallest absolute Gasteiger partial charge is 0.272 e. The standard InChI is InChI=1S/C18H22N2O3/c1-12-7-8-13(11-21)10-20(12)18(22)16-9-14-5-3-4-6-15(14)17(19-16)23-2/h3-6,9,12-13,21H,7-8,10-11H2,1-2H3. The molecule has 122 valence electrons. The van der Waals surface area contributed by atoms with E-state index >= 15 is 0 Å². The normalized spacial score (nSPS) is 21.4. The maximum Gasteiger partial charge on any atom is 0.272 e. The average molecular weight is 314 g/mol. The third-order valence-corrected chi connectivity index (χ3v) is 4.62. The largest absolute Gasteiger partial charge is 0.481 e. The Balaban J connectivity index is 1.97. The molecule has 23 heavy (non-hydrogen) atoms. The van der Waals surface area contributed by atoms with Gasteiger partial charge in [0.1, 0.15) is 5.69 Å². The molecule has 2 unspecified atom stereocenters. The van der Waals surface area contributed by atoms with Gasteiger partial charge in [-0.15, -0.1) is 0 Å². The molecule has 0 spiro atoms. The monoisotopic (exact) mass is 314 g/mol. The van der Waals surface area contributed by atoms with Gasteiger partial charge in [-0.2, -0.15) is 0 Å². The summed E-state index contributed by atoms with van der Waals surface area (Å²) in [5, 5.41) is 11.2. The number of fused-ring (bicyclic) bond motifs is 1. The van der Waals surface area contributed by atoms with E-state index in [0.717, 1.165) is 23.6 Å². The summed E-state index contributed by atoms with van der Waals surface area (Å²) in [5.74, 6) is 0.520. The lowest BCUT2D eigenvalue weighted by atomic mass is 9.93. The number of hydrogen-bond donors (Lipinski definition) is 1. The highest BCUT2D eigenvalue weighted by Gasteiger charge is 2.30. The van der Waals surface area contributed by atoms with Gasteiger partial charge in [-0.3, -0.25) is 4.79 Å². The molecule has 3 rings (SSSR count). The molecule has 1 aliphatic heterocycles. The van der Waals surface area contributed by atoms with Gasteiger partial charge in [0.05, 0.1) is 7.11 Å². The Morgan fingerprint density at radius 3 is 2.91 bits per heavy atom. The number of amides is 1. The first-order valence-corrected chi connectivity index (χ1v) is 7.99. The highest BCUT2D eigenvalue weighted by molar-refractivity contribution is 5.98. The Morgan fingerprint density at radius 2 is 2.17 bits per heavy atom. The van der Waals surface area contributed by atoms with Crippen molar-refractivity contribution < 1.29 is 14.6 Å². The molecule has 0 saturated carbocycles. The van der Waals surface area contributed by atoms with Gasteiger partial charge in [0.25, 0.3) is 5.91 Å². The summed E-state index contributed by atoms with van der Waals surface area (Å²) in [7, 11) is 1.56. The molecular formula is C18H22N2O3. The highest BCUT2D eigenvalue weighted by atomic mass is 16.5. The number of carbonyl (C=O) groups is 1. The van der Waals surface area contributed by atoms with E-state index in [1.54, 1.807) is 7.11 Å². The second kappa shape index (κ2) is 6.54. The Morgan fingerprint density at radius 1 is 1.39 bits per heavy atom. The van der Waals surface area contributed by atoms with E-state index in [4.69, 9.17) is 4.74 Å². The zero-order valence-corrected chi connectivity index (χ0v) is 13.5. The van der Waals surface area contributed by atoms with Gasteiger partial charge >= 0.3 is 0 Å². The van der Waals surface area contributed by atoms with Crippen molar-refractivity contribution in [3.63, 3.8) is 0 Å². The minimum absolute atomic E-state index is 0.0975. The number of carbonyl (C=O) groups excluding carboxylic acids is 1. The maximum atomic E-state index is 12.9. The molecule has 1 N–H and O–H groups in total. The fraction of sp³-hybridized carbons (Fsp3) is 0.444. The summed E-state index contributed by atoms with van der Waals surface area (Å²) in [6, 6.07) is 9.71. The number of methoxy groups -OCH3 is 1. The van der Waals surface area contributed by atoms with Crippen LogP contribution in [-0.4, -0.2) is 47.2 Å². The Kier molecular flexibility index (Phi) is 4.48. The van der Waals surface area contributed by atoms with E-state index in [2.05, 4.69) is 4.98 Å².